The molecule has 0 aromatic heterocycles. The standard InChI is InChI=1S/C15H20FN/c1-11(2)7-8-17-13-9-12(10-13)14-5-3-4-6-15(14)16/h3-7,12-13,17H,8-10H2,1-2H3. The van der Waals surface area contributed by atoms with E-state index in [4.69, 9.17) is 0 Å². The van der Waals surface area contributed by atoms with Crippen LogP contribution in [0.2, 0.25) is 0 Å². The summed E-state index contributed by atoms with van der Waals surface area (Å²) in [6.07, 6.45) is 4.30. The maximum atomic E-state index is 13.5. The van der Waals surface area contributed by atoms with E-state index in [0.29, 0.717) is 12.0 Å². The summed E-state index contributed by atoms with van der Waals surface area (Å²) in [6.45, 7) is 5.13. The summed E-state index contributed by atoms with van der Waals surface area (Å²) < 4.78 is 13.5. The molecular formula is C15H20FN. The minimum atomic E-state index is -0.0553. The van der Waals surface area contributed by atoms with E-state index in [9.17, 15) is 4.39 Å². The minimum absolute atomic E-state index is 0.0553. The first kappa shape index (κ1) is 12.3. The predicted molar refractivity (Wildman–Crippen MR) is 69.6 cm³/mol. The molecule has 0 bridgehead atoms. The summed E-state index contributed by atoms with van der Waals surface area (Å²) in [5, 5.41) is 3.47. The summed E-state index contributed by atoms with van der Waals surface area (Å²) in [4.78, 5) is 0. The van der Waals surface area contributed by atoms with E-state index in [1.54, 1.807) is 12.1 Å². The Bertz CT molecular complexity index is 401. The van der Waals surface area contributed by atoms with Gasteiger partial charge in [-0.3, -0.25) is 0 Å². The zero-order valence-corrected chi connectivity index (χ0v) is 10.5. The quantitative estimate of drug-likeness (QED) is 0.783. The van der Waals surface area contributed by atoms with Crippen molar-refractivity contribution >= 4 is 0 Å². The molecule has 0 atom stereocenters. The molecule has 1 aromatic rings. The van der Waals surface area contributed by atoms with Crippen LogP contribution in [0.15, 0.2) is 35.9 Å². The van der Waals surface area contributed by atoms with E-state index in [2.05, 4.69) is 25.2 Å². The topological polar surface area (TPSA) is 12.0 Å². The van der Waals surface area contributed by atoms with Crippen molar-refractivity contribution in [2.24, 2.45) is 0 Å². The summed E-state index contributed by atoms with van der Waals surface area (Å²) in [6, 6.07) is 7.69. The lowest BCUT2D eigenvalue weighted by molar-refractivity contribution is 0.293. The third-order valence-electron chi connectivity index (χ3n) is 3.40. The molecule has 1 aromatic carbocycles. The van der Waals surface area contributed by atoms with Crippen LogP contribution in [0.3, 0.4) is 0 Å². The molecule has 1 aliphatic rings. The van der Waals surface area contributed by atoms with Crippen molar-refractivity contribution in [3.05, 3.63) is 47.3 Å². The average molecular weight is 233 g/mol. The van der Waals surface area contributed by atoms with Crippen molar-refractivity contribution in [1.29, 1.82) is 0 Å². The highest BCUT2D eigenvalue weighted by Crippen LogP contribution is 2.37. The van der Waals surface area contributed by atoms with E-state index >= 15 is 0 Å². The Morgan fingerprint density at radius 1 is 1.35 bits per heavy atom. The van der Waals surface area contributed by atoms with Gasteiger partial charge >= 0.3 is 0 Å². The van der Waals surface area contributed by atoms with Gasteiger partial charge in [0.05, 0.1) is 0 Å². The number of hydrogen-bond donors (Lipinski definition) is 1. The van der Waals surface area contributed by atoms with E-state index in [0.717, 1.165) is 24.9 Å². The van der Waals surface area contributed by atoms with Gasteiger partial charge in [-0.05, 0) is 44.2 Å². The van der Waals surface area contributed by atoms with Gasteiger partial charge in [-0.1, -0.05) is 29.8 Å². The Morgan fingerprint density at radius 2 is 2.06 bits per heavy atom. The lowest BCUT2D eigenvalue weighted by Gasteiger charge is -2.36. The summed E-state index contributed by atoms with van der Waals surface area (Å²) in [5.41, 5.74) is 2.22. The van der Waals surface area contributed by atoms with Crippen molar-refractivity contribution in [1.82, 2.24) is 5.32 Å². The second-order valence-corrected chi connectivity index (χ2v) is 5.08. The van der Waals surface area contributed by atoms with Crippen LogP contribution in [-0.2, 0) is 0 Å². The Labute approximate surface area is 103 Å². The molecule has 2 rings (SSSR count). The van der Waals surface area contributed by atoms with Crippen LogP contribution >= 0.6 is 0 Å². The van der Waals surface area contributed by atoms with Crippen molar-refractivity contribution < 1.29 is 4.39 Å². The van der Waals surface area contributed by atoms with Crippen molar-refractivity contribution in [2.75, 3.05) is 6.54 Å². The van der Waals surface area contributed by atoms with Gasteiger partial charge in [0, 0.05) is 12.6 Å². The Morgan fingerprint density at radius 3 is 2.71 bits per heavy atom. The van der Waals surface area contributed by atoms with Gasteiger partial charge in [0.15, 0.2) is 0 Å². The fourth-order valence-corrected chi connectivity index (χ4v) is 2.27. The van der Waals surface area contributed by atoms with Gasteiger partial charge in [0.1, 0.15) is 5.82 Å². The third kappa shape index (κ3) is 3.16. The van der Waals surface area contributed by atoms with Gasteiger partial charge in [0.25, 0.3) is 0 Å². The Hall–Kier alpha value is -1.15. The molecule has 1 saturated carbocycles. The maximum Gasteiger partial charge on any atom is 0.126 e. The SMILES string of the molecule is CC(C)=CCNC1CC(c2ccccc2F)C1. The fraction of sp³-hybridized carbons (Fsp3) is 0.467. The Balaban J connectivity index is 1.79. The number of benzene rings is 1. The summed E-state index contributed by atoms with van der Waals surface area (Å²) >= 11 is 0. The molecule has 17 heavy (non-hydrogen) atoms. The second kappa shape index (κ2) is 5.46. The minimum Gasteiger partial charge on any atom is -0.310 e. The molecule has 1 nitrogen and oxygen atoms in total. The second-order valence-electron chi connectivity index (χ2n) is 5.08. The molecule has 0 aliphatic heterocycles. The lowest BCUT2D eigenvalue weighted by Crippen LogP contribution is -2.40. The van der Waals surface area contributed by atoms with E-state index in [-0.39, 0.29) is 5.82 Å². The highest BCUT2D eigenvalue weighted by molar-refractivity contribution is 5.24. The molecule has 0 amide bonds. The fourth-order valence-electron chi connectivity index (χ4n) is 2.27. The monoisotopic (exact) mass is 233 g/mol. The first-order chi connectivity index (χ1) is 8.16. The van der Waals surface area contributed by atoms with Gasteiger partial charge in [-0.15, -0.1) is 0 Å². The molecule has 1 N–H and O–H groups in total. The van der Waals surface area contributed by atoms with E-state index in [1.807, 2.05) is 12.1 Å². The number of hydrogen-bond acceptors (Lipinski definition) is 1. The zero-order chi connectivity index (χ0) is 12.3. The molecule has 92 valence electrons. The van der Waals surface area contributed by atoms with Crippen molar-refractivity contribution in [3.8, 4) is 0 Å². The summed E-state index contributed by atoms with van der Waals surface area (Å²) in [7, 11) is 0. The van der Waals surface area contributed by atoms with Crippen LogP contribution < -0.4 is 5.32 Å². The molecular weight excluding hydrogens is 213 g/mol. The lowest BCUT2D eigenvalue weighted by atomic mass is 9.75. The molecule has 1 aliphatic carbocycles. The van der Waals surface area contributed by atoms with Crippen molar-refractivity contribution in [3.63, 3.8) is 0 Å². The number of allylic oxidation sites excluding steroid dienone is 1. The van der Waals surface area contributed by atoms with Gasteiger partial charge in [-0.25, -0.2) is 4.39 Å². The Kier molecular flexibility index (Phi) is 3.95. The average Bonchev–Trinajstić information content (AvgIpc) is 2.23. The molecule has 0 saturated heterocycles. The number of nitrogens with one attached hydrogen (secondary N) is 1. The predicted octanol–water partition coefficient (Wildman–Crippen LogP) is 3.63. The molecule has 0 radical (unpaired) electrons. The van der Waals surface area contributed by atoms with Gasteiger partial charge in [-0.2, -0.15) is 0 Å². The molecule has 0 unspecified atom stereocenters. The number of halogens is 1. The largest absolute Gasteiger partial charge is 0.310 e. The zero-order valence-electron chi connectivity index (χ0n) is 10.5. The highest BCUT2D eigenvalue weighted by Gasteiger charge is 2.30. The molecule has 2 heteroatoms. The first-order valence-electron chi connectivity index (χ1n) is 6.28. The maximum absolute atomic E-state index is 13.5. The third-order valence-corrected chi connectivity index (χ3v) is 3.40. The summed E-state index contributed by atoms with van der Waals surface area (Å²) in [5.74, 6) is 0.348. The van der Waals surface area contributed by atoms with Crippen LogP contribution in [0.1, 0.15) is 38.2 Å². The highest BCUT2D eigenvalue weighted by atomic mass is 19.1. The van der Waals surface area contributed by atoms with Crippen LogP contribution in [0.4, 0.5) is 4.39 Å². The molecule has 0 heterocycles. The normalized spacial score (nSPS) is 23.0. The van der Waals surface area contributed by atoms with E-state index < -0.39 is 0 Å². The smallest absolute Gasteiger partial charge is 0.126 e. The van der Waals surface area contributed by atoms with Crippen LogP contribution in [-0.4, -0.2) is 12.6 Å². The molecule has 1 fully saturated rings. The van der Waals surface area contributed by atoms with Crippen LogP contribution in [0.5, 0.6) is 0 Å². The first-order valence-corrected chi connectivity index (χ1v) is 6.28. The van der Waals surface area contributed by atoms with Gasteiger partial charge < -0.3 is 5.32 Å². The van der Waals surface area contributed by atoms with Crippen LogP contribution in [0.25, 0.3) is 0 Å². The van der Waals surface area contributed by atoms with Crippen molar-refractivity contribution in [2.45, 2.75) is 38.6 Å². The van der Waals surface area contributed by atoms with Gasteiger partial charge in [0.2, 0.25) is 0 Å². The number of rotatable bonds is 4. The van der Waals surface area contributed by atoms with E-state index in [1.165, 1.54) is 5.57 Å². The molecule has 0 spiro atoms. The van der Waals surface area contributed by atoms with Crippen LogP contribution in [0, 0.1) is 5.82 Å².